The molecule has 0 radical (unpaired) electrons. The number of nitrogens with zero attached hydrogens (tertiary/aromatic N) is 2. The van der Waals surface area contributed by atoms with Gasteiger partial charge in [0, 0.05) is 38.9 Å². The second-order valence-corrected chi connectivity index (χ2v) is 6.95. The van der Waals surface area contributed by atoms with Gasteiger partial charge < -0.3 is 19.9 Å². The molecule has 0 aliphatic carbocycles. The van der Waals surface area contributed by atoms with Gasteiger partial charge >= 0.3 is 0 Å². The largest absolute Gasteiger partial charge is 0.378 e. The van der Waals surface area contributed by atoms with Crippen molar-refractivity contribution < 1.29 is 9.53 Å². The van der Waals surface area contributed by atoms with E-state index >= 15 is 0 Å². The molecule has 1 saturated heterocycles. The fourth-order valence-electron chi connectivity index (χ4n) is 2.95. The third-order valence-electron chi connectivity index (χ3n) is 4.41. The predicted octanol–water partition coefficient (Wildman–Crippen LogP) is 3.89. The van der Waals surface area contributed by atoms with E-state index in [2.05, 4.69) is 10.2 Å². The van der Waals surface area contributed by atoms with Gasteiger partial charge in [-0.2, -0.15) is 0 Å². The van der Waals surface area contributed by atoms with Crippen LogP contribution in [-0.4, -0.2) is 46.3 Å². The molecule has 2 aromatic carbocycles. The second-order valence-electron chi connectivity index (χ2n) is 6.54. The van der Waals surface area contributed by atoms with Gasteiger partial charge in [0.25, 0.3) is 0 Å². The van der Waals surface area contributed by atoms with Crippen LogP contribution in [0.5, 0.6) is 0 Å². The van der Waals surface area contributed by atoms with Crippen LogP contribution < -0.4 is 15.1 Å². The third kappa shape index (κ3) is 5.02. The molecule has 1 heterocycles. The summed E-state index contributed by atoms with van der Waals surface area (Å²) in [5.74, 6) is -0.191. The molecule has 6 heteroatoms. The molecule has 5 nitrogen and oxygen atoms in total. The molecule has 1 aliphatic heterocycles. The summed E-state index contributed by atoms with van der Waals surface area (Å²) in [7, 11) is 3.99. The van der Waals surface area contributed by atoms with E-state index < -0.39 is 0 Å². The van der Waals surface area contributed by atoms with Crippen molar-refractivity contribution in [2.24, 2.45) is 0 Å². The predicted molar refractivity (Wildman–Crippen MR) is 113 cm³/mol. The minimum absolute atomic E-state index is 0.191. The fourth-order valence-corrected chi connectivity index (χ4v) is 3.25. The molecular weight excluding hydrogens is 362 g/mol. The molecule has 0 atom stereocenters. The third-order valence-corrected chi connectivity index (χ3v) is 4.71. The van der Waals surface area contributed by atoms with Crippen molar-refractivity contribution in [3.8, 4) is 0 Å². The molecular formula is C21H24ClN3O2. The number of ether oxygens (including phenoxy) is 1. The van der Waals surface area contributed by atoms with E-state index in [0.717, 1.165) is 30.0 Å². The summed E-state index contributed by atoms with van der Waals surface area (Å²) in [6.45, 7) is 2.81. The number of carbonyl (C=O) groups is 1. The van der Waals surface area contributed by atoms with E-state index in [9.17, 15) is 4.79 Å². The van der Waals surface area contributed by atoms with Crippen molar-refractivity contribution in [1.82, 2.24) is 0 Å². The van der Waals surface area contributed by atoms with E-state index in [1.807, 2.05) is 61.5 Å². The number of hydrogen-bond acceptors (Lipinski definition) is 4. The van der Waals surface area contributed by atoms with Gasteiger partial charge in [-0.15, -0.1) is 0 Å². The van der Waals surface area contributed by atoms with Crippen molar-refractivity contribution in [2.75, 3.05) is 55.5 Å². The molecule has 0 bridgehead atoms. The zero-order valence-electron chi connectivity index (χ0n) is 15.6. The molecule has 0 saturated carbocycles. The Morgan fingerprint density at radius 1 is 1.15 bits per heavy atom. The Balaban J connectivity index is 1.71. The SMILES string of the molecule is CN(C)c1ccc(/C=C/C(=O)Nc2cccc(Cl)c2N2CCOCC2)cc1. The summed E-state index contributed by atoms with van der Waals surface area (Å²) in [4.78, 5) is 16.6. The number of anilines is 3. The zero-order valence-corrected chi connectivity index (χ0v) is 16.4. The average molecular weight is 386 g/mol. The van der Waals surface area contributed by atoms with Crippen LogP contribution in [0.4, 0.5) is 17.1 Å². The fraction of sp³-hybridized carbons (Fsp3) is 0.286. The van der Waals surface area contributed by atoms with Crippen molar-refractivity contribution in [3.63, 3.8) is 0 Å². The maximum atomic E-state index is 12.4. The van der Waals surface area contributed by atoms with Crippen LogP contribution in [-0.2, 0) is 9.53 Å². The lowest BCUT2D eigenvalue weighted by Crippen LogP contribution is -2.37. The summed E-state index contributed by atoms with van der Waals surface area (Å²) < 4.78 is 5.41. The molecule has 0 unspecified atom stereocenters. The maximum Gasteiger partial charge on any atom is 0.248 e. The molecule has 1 N–H and O–H groups in total. The molecule has 1 aliphatic rings. The molecule has 1 fully saturated rings. The highest BCUT2D eigenvalue weighted by Gasteiger charge is 2.18. The van der Waals surface area contributed by atoms with E-state index in [4.69, 9.17) is 16.3 Å². The zero-order chi connectivity index (χ0) is 19.2. The van der Waals surface area contributed by atoms with Crippen LogP contribution in [0.3, 0.4) is 0 Å². The Morgan fingerprint density at radius 3 is 2.52 bits per heavy atom. The van der Waals surface area contributed by atoms with Crippen LogP contribution in [0, 0.1) is 0 Å². The maximum absolute atomic E-state index is 12.4. The van der Waals surface area contributed by atoms with Crippen LogP contribution >= 0.6 is 11.6 Å². The van der Waals surface area contributed by atoms with Gasteiger partial charge in [-0.3, -0.25) is 4.79 Å². The highest BCUT2D eigenvalue weighted by atomic mass is 35.5. The highest BCUT2D eigenvalue weighted by molar-refractivity contribution is 6.34. The van der Waals surface area contributed by atoms with Crippen LogP contribution in [0.25, 0.3) is 6.08 Å². The number of benzene rings is 2. The minimum atomic E-state index is -0.191. The quantitative estimate of drug-likeness (QED) is 0.793. The van der Waals surface area contributed by atoms with Crippen molar-refractivity contribution >= 4 is 40.6 Å². The Labute approximate surface area is 165 Å². The molecule has 0 spiro atoms. The molecule has 3 rings (SSSR count). The first kappa shape index (κ1) is 19.3. The van der Waals surface area contributed by atoms with E-state index in [-0.39, 0.29) is 5.91 Å². The first-order valence-corrected chi connectivity index (χ1v) is 9.30. The Kier molecular flexibility index (Phi) is 6.37. The highest BCUT2D eigenvalue weighted by Crippen LogP contribution is 2.34. The Bertz CT molecular complexity index is 813. The Morgan fingerprint density at radius 2 is 1.85 bits per heavy atom. The summed E-state index contributed by atoms with van der Waals surface area (Å²) in [6, 6.07) is 13.6. The van der Waals surface area contributed by atoms with Gasteiger partial charge in [-0.1, -0.05) is 29.8 Å². The number of carbonyl (C=O) groups excluding carboxylic acids is 1. The van der Waals surface area contributed by atoms with Crippen LogP contribution in [0.1, 0.15) is 5.56 Å². The van der Waals surface area contributed by atoms with Gasteiger partial charge in [0.05, 0.1) is 29.6 Å². The summed E-state index contributed by atoms with van der Waals surface area (Å²) in [5, 5.41) is 3.57. The molecule has 0 aromatic heterocycles. The first-order valence-electron chi connectivity index (χ1n) is 8.92. The normalized spacial score (nSPS) is 14.4. The van der Waals surface area contributed by atoms with Crippen molar-refractivity contribution in [2.45, 2.75) is 0 Å². The summed E-state index contributed by atoms with van der Waals surface area (Å²) >= 11 is 6.40. The van der Waals surface area contributed by atoms with Gasteiger partial charge in [0.15, 0.2) is 0 Å². The number of nitrogens with one attached hydrogen (secondary N) is 1. The molecule has 142 valence electrons. The number of morpholine rings is 1. The van der Waals surface area contributed by atoms with E-state index in [1.165, 1.54) is 6.08 Å². The van der Waals surface area contributed by atoms with Gasteiger partial charge in [0.1, 0.15) is 0 Å². The monoisotopic (exact) mass is 385 g/mol. The number of halogens is 1. The van der Waals surface area contributed by atoms with E-state index in [0.29, 0.717) is 23.9 Å². The molecule has 2 aromatic rings. The summed E-state index contributed by atoms with van der Waals surface area (Å²) in [6.07, 6.45) is 3.34. The number of rotatable bonds is 5. The summed E-state index contributed by atoms with van der Waals surface area (Å²) in [5.41, 5.74) is 3.64. The number of para-hydroxylation sites is 1. The minimum Gasteiger partial charge on any atom is -0.378 e. The Hall–Kier alpha value is -2.50. The van der Waals surface area contributed by atoms with Crippen LogP contribution in [0.2, 0.25) is 5.02 Å². The smallest absolute Gasteiger partial charge is 0.248 e. The molecule has 27 heavy (non-hydrogen) atoms. The number of amides is 1. The average Bonchev–Trinajstić information content (AvgIpc) is 2.67. The lowest BCUT2D eigenvalue weighted by atomic mass is 10.2. The van der Waals surface area contributed by atoms with Crippen LogP contribution in [0.15, 0.2) is 48.5 Å². The molecule has 1 amide bonds. The standard InChI is InChI=1S/C21H24ClN3O2/c1-24(2)17-9-6-16(7-10-17)8-11-20(26)23-19-5-3-4-18(22)21(19)25-12-14-27-15-13-25/h3-11H,12-15H2,1-2H3,(H,23,26)/b11-8+. The van der Waals surface area contributed by atoms with Gasteiger partial charge in [-0.05, 0) is 35.9 Å². The first-order chi connectivity index (χ1) is 13.0. The van der Waals surface area contributed by atoms with E-state index in [1.54, 1.807) is 6.08 Å². The van der Waals surface area contributed by atoms with Crippen molar-refractivity contribution in [1.29, 1.82) is 0 Å². The topological polar surface area (TPSA) is 44.8 Å². The van der Waals surface area contributed by atoms with Crippen molar-refractivity contribution in [3.05, 3.63) is 59.1 Å². The lowest BCUT2D eigenvalue weighted by molar-refractivity contribution is -0.111. The second kappa shape index (κ2) is 8.93. The van der Waals surface area contributed by atoms with Gasteiger partial charge in [-0.25, -0.2) is 0 Å². The number of hydrogen-bond donors (Lipinski definition) is 1. The van der Waals surface area contributed by atoms with Gasteiger partial charge in [0.2, 0.25) is 5.91 Å². The lowest BCUT2D eigenvalue weighted by Gasteiger charge is -2.31.